The van der Waals surface area contributed by atoms with Crippen molar-refractivity contribution in [3.05, 3.63) is 35.6 Å². The van der Waals surface area contributed by atoms with Crippen LogP contribution in [0.2, 0.25) is 0 Å². The molecule has 120 valence electrons. The maximum absolute atomic E-state index is 13.4. The Morgan fingerprint density at radius 1 is 1.29 bits per heavy atom. The van der Waals surface area contributed by atoms with Crippen LogP contribution in [0.3, 0.4) is 0 Å². The Bertz CT molecular complexity index is 398. The van der Waals surface area contributed by atoms with E-state index >= 15 is 0 Å². The smallest absolute Gasteiger partial charge is 0.123 e. The van der Waals surface area contributed by atoms with Crippen molar-refractivity contribution in [3.8, 4) is 0 Å². The summed E-state index contributed by atoms with van der Waals surface area (Å²) in [6, 6.07) is 7.45. The maximum Gasteiger partial charge on any atom is 0.123 e. The molecule has 0 aliphatic rings. The number of nitrogens with zero attached hydrogens (tertiary/aromatic N) is 1. The molecule has 1 unspecified atom stereocenters. The van der Waals surface area contributed by atoms with Gasteiger partial charge in [0.15, 0.2) is 0 Å². The second-order valence-corrected chi connectivity index (χ2v) is 5.66. The Morgan fingerprint density at radius 3 is 2.62 bits per heavy atom. The van der Waals surface area contributed by atoms with Crippen LogP contribution in [-0.4, -0.2) is 42.3 Å². The van der Waals surface area contributed by atoms with Crippen LogP contribution in [-0.2, 0) is 0 Å². The Morgan fingerprint density at radius 2 is 2.05 bits per heavy atom. The predicted molar refractivity (Wildman–Crippen MR) is 85.8 cm³/mol. The molecule has 0 aliphatic heterocycles. The molecule has 0 radical (unpaired) electrons. The van der Waals surface area contributed by atoms with Gasteiger partial charge in [0.25, 0.3) is 0 Å². The van der Waals surface area contributed by atoms with Crippen molar-refractivity contribution in [2.45, 2.75) is 45.7 Å². The summed E-state index contributed by atoms with van der Waals surface area (Å²) in [5.74, 6) is -0.184. The predicted octanol–water partition coefficient (Wildman–Crippen LogP) is 2.96. The third-order valence-corrected chi connectivity index (χ3v) is 3.74. The van der Waals surface area contributed by atoms with E-state index in [4.69, 9.17) is 5.11 Å². The summed E-state index contributed by atoms with van der Waals surface area (Å²) in [6.07, 6.45) is 1.73. The van der Waals surface area contributed by atoms with Crippen LogP contribution in [0.1, 0.15) is 45.2 Å². The number of hydrogen-bond acceptors (Lipinski definition) is 3. The molecule has 1 aromatic carbocycles. The standard InChI is InChI=1S/C17H29FN2O/c1-4-19-17(15-7-5-8-16(18)13-15)9-11-20(14(2)3)10-6-12-21/h5,7-8,13-14,17,19,21H,4,6,9-12H2,1-3H3. The molecule has 0 saturated carbocycles. The number of rotatable bonds is 10. The molecule has 0 spiro atoms. The Balaban J connectivity index is 2.65. The van der Waals surface area contributed by atoms with Gasteiger partial charge in [-0.3, -0.25) is 0 Å². The van der Waals surface area contributed by atoms with E-state index in [9.17, 15) is 4.39 Å². The highest BCUT2D eigenvalue weighted by atomic mass is 19.1. The minimum absolute atomic E-state index is 0.168. The van der Waals surface area contributed by atoms with E-state index in [0.29, 0.717) is 6.04 Å². The average molecular weight is 296 g/mol. The highest BCUT2D eigenvalue weighted by Crippen LogP contribution is 2.19. The normalized spacial score (nSPS) is 13.1. The second kappa shape index (κ2) is 9.87. The largest absolute Gasteiger partial charge is 0.396 e. The molecule has 0 amide bonds. The van der Waals surface area contributed by atoms with E-state index in [2.05, 4.69) is 31.0 Å². The zero-order chi connectivity index (χ0) is 15.7. The first-order valence-corrected chi connectivity index (χ1v) is 7.92. The monoisotopic (exact) mass is 296 g/mol. The van der Waals surface area contributed by atoms with Crippen molar-refractivity contribution in [2.24, 2.45) is 0 Å². The number of halogens is 1. The Labute approximate surface area is 128 Å². The molecule has 1 aromatic rings. The van der Waals surface area contributed by atoms with E-state index < -0.39 is 0 Å². The minimum Gasteiger partial charge on any atom is -0.396 e. The lowest BCUT2D eigenvalue weighted by atomic mass is 10.0. The van der Waals surface area contributed by atoms with Gasteiger partial charge < -0.3 is 15.3 Å². The zero-order valence-corrected chi connectivity index (χ0v) is 13.5. The molecule has 0 aliphatic carbocycles. The summed E-state index contributed by atoms with van der Waals surface area (Å²) >= 11 is 0. The van der Waals surface area contributed by atoms with E-state index in [-0.39, 0.29) is 18.5 Å². The van der Waals surface area contributed by atoms with Crippen molar-refractivity contribution in [3.63, 3.8) is 0 Å². The van der Waals surface area contributed by atoms with Crippen LogP contribution >= 0.6 is 0 Å². The van der Waals surface area contributed by atoms with Gasteiger partial charge in [-0.25, -0.2) is 4.39 Å². The van der Waals surface area contributed by atoms with Crippen molar-refractivity contribution in [1.82, 2.24) is 10.2 Å². The second-order valence-electron chi connectivity index (χ2n) is 5.66. The first-order valence-electron chi connectivity index (χ1n) is 7.92. The number of benzene rings is 1. The topological polar surface area (TPSA) is 35.5 Å². The number of aliphatic hydroxyl groups excluding tert-OH is 1. The molecule has 0 heterocycles. The third-order valence-electron chi connectivity index (χ3n) is 3.74. The van der Waals surface area contributed by atoms with Crippen LogP contribution in [0.4, 0.5) is 4.39 Å². The molecule has 4 heteroatoms. The molecule has 0 saturated heterocycles. The lowest BCUT2D eigenvalue weighted by molar-refractivity contribution is 0.184. The molecule has 3 nitrogen and oxygen atoms in total. The van der Waals surface area contributed by atoms with Crippen molar-refractivity contribution in [1.29, 1.82) is 0 Å². The quantitative estimate of drug-likeness (QED) is 0.697. The van der Waals surface area contributed by atoms with E-state index in [1.165, 1.54) is 6.07 Å². The van der Waals surface area contributed by atoms with Crippen LogP contribution in [0.25, 0.3) is 0 Å². The molecule has 0 bridgehead atoms. The number of aliphatic hydroxyl groups is 1. The van der Waals surface area contributed by atoms with Crippen LogP contribution in [0.15, 0.2) is 24.3 Å². The molecular formula is C17H29FN2O. The zero-order valence-electron chi connectivity index (χ0n) is 13.5. The molecule has 2 N–H and O–H groups in total. The molecule has 21 heavy (non-hydrogen) atoms. The highest BCUT2D eigenvalue weighted by Gasteiger charge is 2.15. The summed E-state index contributed by atoms with van der Waals surface area (Å²) in [5.41, 5.74) is 1.00. The fraction of sp³-hybridized carbons (Fsp3) is 0.647. The van der Waals surface area contributed by atoms with Gasteiger partial charge in [0.05, 0.1) is 0 Å². The SMILES string of the molecule is CCNC(CCN(CCCO)C(C)C)c1cccc(F)c1. The molecule has 1 rings (SSSR count). The molecule has 1 atom stereocenters. The van der Waals surface area contributed by atoms with Gasteiger partial charge >= 0.3 is 0 Å². The van der Waals surface area contributed by atoms with Gasteiger partial charge in [-0.2, -0.15) is 0 Å². The Hall–Kier alpha value is -0.970. The van der Waals surface area contributed by atoms with Crippen LogP contribution in [0.5, 0.6) is 0 Å². The molecular weight excluding hydrogens is 267 g/mol. The number of nitrogens with one attached hydrogen (secondary N) is 1. The fourth-order valence-corrected chi connectivity index (χ4v) is 2.55. The lowest BCUT2D eigenvalue weighted by Gasteiger charge is -2.28. The third kappa shape index (κ3) is 6.55. The van der Waals surface area contributed by atoms with Crippen molar-refractivity contribution < 1.29 is 9.50 Å². The van der Waals surface area contributed by atoms with Gasteiger partial charge in [0, 0.05) is 31.8 Å². The molecule has 0 aromatic heterocycles. The van der Waals surface area contributed by atoms with Gasteiger partial charge in [-0.05, 0) is 50.9 Å². The minimum atomic E-state index is -0.184. The first kappa shape index (κ1) is 18.1. The Kier molecular flexibility index (Phi) is 8.50. The lowest BCUT2D eigenvalue weighted by Crippen LogP contribution is -2.35. The first-order chi connectivity index (χ1) is 10.1. The van der Waals surface area contributed by atoms with Gasteiger partial charge in [-0.15, -0.1) is 0 Å². The number of hydrogen-bond donors (Lipinski definition) is 2. The summed E-state index contributed by atoms with van der Waals surface area (Å²) < 4.78 is 13.4. The van der Waals surface area contributed by atoms with E-state index in [1.54, 1.807) is 12.1 Å². The van der Waals surface area contributed by atoms with Crippen LogP contribution < -0.4 is 5.32 Å². The summed E-state index contributed by atoms with van der Waals surface area (Å²) in [7, 11) is 0. The summed E-state index contributed by atoms with van der Waals surface area (Å²) in [4.78, 5) is 2.36. The average Bonchev–Trinajstić information content (AvgIpc) is 2.45. The molecule has 0 fully saturated rings. The van der Waals surface area contributed by atoms with Crippen molar-refractivity contribution >= 4 is 0 Å². The fourth-order valence-electron chi connectivity index (χ4n) is 2.55. The summed E-state index contributed by atoms with van der Waals surface area (Å²) in [5, 5.41) is 12.4. The van der Waals surface area contributed by atoms with E-state index in [0.717, 1.165) is 38.0 Å². The van der Waals surface area contributed by atoms with Gasteiger partial charge in [-0.1, -0.05) is 19.1 Å². The van der Waals surface area contributed by atoms with E-state index in [1.807, 2.05) is 6.07 Å². The van der Waals surface area contributed by atoms with Gasteiger partial charge in [0.2, 0.25) is 0 Å². The maximum atomic E-state index is 13.4. The summed E-state index contributed by atoms with van der Waals surface area (Å²) in [6.45, 7) is 9.33. The van der Waals surface area contributed by atoms with Crippen molar-refractivity contribution in [2.75, 3.05) is 26.2 Å². The van der Waals surface area contributed by atoms with Crippen LogP contribution in [0, 0.1) is 5.82 Å². The van der Waals surface area contributed by atoms with Gasteiger partial charge in [0.1, 0.15) is 5.82 Å². The highest BCUT2D eigenvalue weighted by molar-refractivity contribution is 5.20.